The van der Waals surface area contributed by atoms with Crippen LogP contribution in [-0.4, -0.2) is 23.0 Å². The second kappa shape index (κ2) is 3.71. The molecule has 2 unspecified atom stereocenters. The third-order valence-electron chi connectivity index (χ3n) is 1.64. The van der Waals surface area contributed by atoms with Gasteiger partial charge in [-0.15, -0.1) is 0 Å². The van der Waals surface area contributed by atoms with Crippen molar-refractivity contribution in [1.82, 2.24) is 5.32 Å². The molecule has 0 aromatic heterocycles. The van der Waals surface area contributed by atoms with Crippen LogP contribution >= 0.6 is 15.9 Å². The summed E-state index contributed by atoms with van der Waals surface area (Å²) in [6, 6.07) is -0.0217. The summed E-state index contributed by atoms with van der Waals surface area (Å²) in [5.74, 6) is 0.431. The van der Waals surface area contributed by atoms with Crippen molar-refractivity contribution >= 4 is 28.1 Å². The highest BCUT2D eigenvalue weighted by atomic mass is 79.9. The van der Waals surface area contributed by atoms with Gasteiger partial charge in [0.15, 0.2) is 0 Å². The lowest BCUT2D eigenvalue weighted by Crippen LogP contribution is -2.42. The molecule has 1 aliphatic heterocycles. The van der Waals surface area contributed by atoms with Crippen molar-refractivity contribution in [1.29, 1.82) is 5.41 Å². The number of amidine groups is 1. The zero-order valence-electron chi connectivity index (χ0n) is 6.71. The second-order valence-electron chi connectivity index (χ2n) is 2.60. The van der Waals surface area contributed by atoms with Crippen molar-refractivity contribution in [3.8, 4) is 0 Å². The van der Waals surface area contributed by atoms with E-state index in [1.54, 1.807) is 0 Å². The fraction of sp³-hybridized carbons (Fsp3) is 0.429. The molecule has 1 heterocycles. The smallest absolute Gasteiger partial charge is 0.125 e. The molecule has 0 saturated carbocycles. The van der Waals surface area contributed by atoms with E-state index in [4.69, 9.17) is 11.1 Å². The quantitative estimate of drug-likeness (QED) is 0.369. The Morgan fingerprint density at radius 3 is 3.00 bits per heavy atom. The summed E-state index contributed by atoms with van der Waals surface area (Å²) in [5, 5.41) is 9.90. The predicted octanol–water partition coefficient (Wildman–Crippen LogP) is 0.590. The van der Waals surface area contributed by atoms with Crippen LogP contribution in [0.15, 0.2) is 16.8 Å². The zero-order valence-corrected chi connectivity index (χ0v) is 8.30. The van der Waals surface area contributed by atoms with E-state index in [9.17, 15) is 0 Å². The van der Waals surface area contributed by atoms with Gasteiger partial charge in [-0.25, -0.2) is 4.99 Å². The topological polar surface area (TPSA) is 74.3 Å². The van der Waals surface area contributed by atoms with E-state index in [2.05, 4.69) is 26.2 Å². The van der Waals surface area contributed by atoms with E-state index in [-0.39, 0.29) is 10.9 Å². The highest BCUT2D eigenvalue weighted by Crippen LogP contribution is 2.17. The van der Waals surface area contributed by atoms with Gasteiger partial charge in [0.05, 0.1) is 10.9 Å². The van der Waals surface area contributed by atoms with E-state index in [1.807, 2.05) is 13.0 Å². The van der Waals surface area contributed by atoms with Crippen LogP contribution in [-0.2, 0) is 0 Å². The summed E-state index contributed by atoms with van der Waals surface area (Å²) in [7, 11) is 0. The van der Waals surface area contributed by atoms with E-state index >= 15 is 0 Å². The number of nitrogens with zero attached hydrogens (tertiary/aromatic N) is 1. The molecule has 0 amide bonds. The Balaban J connectivity index is 2.68. The Kier molecular flexibility index (Phi) is 2.86. The van der Waals surface area contributed by atoms with Gasteiger partial charge in [0, 0.05) is 5.70 Å². The zero-order chi connectivity index (χ0) is 9.14. The fourth-order valence-electron chi connectivity index (χ4n) is 1.10. The predicted molar refractivity (Wildman–Crippen MR) is 53.8 cm³/mol. The largest absolute Gasteiger partial charge is 0.385 e. The molecule has 1 rings (SSSR count). The van der Waals surface area contributed by atoms with E-state index in [1.165, 1.54) is 0 Å². The standard InChI is InChI=1S/C7H11BrN4/c1-4-2-5(8)6(12-4)7(10)11-3-9/h2-3,5-6,12H,1H3,(H3,9,10,11). The summed E-state index contributed by atoms with van der Waals surface area (Å²) >= 11 is 3.44. The minimum atomic E-state index is -0.0217. The maximum atomic E-state index is 6.76. The molecule has 12 heavy (non-hydrogen) atoms. The molecule has 5 heteroatoms. The number of hydrogen-bond donors (Lipinski definition) is 3. The van der Waals surface area contributed by atoms with Crippen molar-refractivity contribution in [2.45, 2.75) is 17.8 Å². The molecule has 4 N–H and O–H groups in total. The first kappa shape index (κ1) is 9.25. The molecule has 0 radical (unpaired) electrons. The van der Waals surface area contributed by atoms with Gasteiger partial charge in [0.1, 0.15) is 12.2 Å². The molecule has 0 fully saturated rings. The first-order chi connectivity index (χ1) is 5.65. The van der Waals surface area contributed by atoms with E-state index in [0.29, 0.717) is 5.84 Å². The van der Waals surface area contributed by atoms with Gasteiger partial charge in [-0.05, 0) is 13.0 Å². The maximum Gasteiger partial charge on any atom is 0.125 e. The molecule has 0 aliphatic carbocycles. The molecule has 2 atom stereocenters. The lowest BCUT2D eigenvalue weighted by Gasteiger charge is -2.14. The van der Waals surface area contributed by atoms with Gasteiger partial charge in [-0.1, -0.05) is 15.9 Å². The molecule has 0 saturated heterocycles. The van der Waals surface area contributed by atoms with Crippen LogP contribution in [0.4, 0.5) is 0 Å². The minimum Gasteiger partial charge on any atom is -0.385 e. The van der Waals surface area contributed by atoms with Crippen molar-refractivity contribution < 1.29 is 0 Å². The fourth-order valence-corrected chi connectivity index (χ4v) is 1.90. The van der Waals surface area contributed by atoms with Crippen molar-refractivity contribution in [2.75, 3.05) is 0 Å². The average molecular weight is 231 g/mol. The Morgan fingerprint density at radius 1 is 1.92 bits per heavy atom. The Labute approximate surface area is 79.6 Å². The molecule has 0 spiro atoms. The van der Waals surface area contributed by atoms with Crippen LogP contribution < -0.4 is 11.1 Å². The van der Waals surface area contributed by atoms with Crippen LogP contribution in [0, 0.1) is 5.41 Å². The number of allylic oxidation sites excluding steroid dienone is 1. The van der Waals surface area contributed by atoms with Crippen LogP contribution in [0.2, 0.25) is 0 Å². The SMILES string of the molecule is CC1=CC(Br)C(C(N)=NC=N)N1. The molecular formula is C7H11BrN4. The monoisotopic (exact) mass is 230 g/mol. The molecule has 0 aromatic carbocycles. The highest BCUT2D eigenvalue weighted by molar-refractivity contribution is 9.09. The normalized spacial score (nSPS) is 29.5. The first-order valence-electron chi connectivity index (χ1n) is 3.56. The number of rotatable bonds is 2. The Hall–Kier alpha value is -0.840. The van der Waals surface area contributed by atoms with Crippen molar-refractivity contribution in [3.63, 3.8) is 0 Å². The molecular weight excluding hydrogens is 220 g/mol. The number of alkyl halides is 1. The number of aliphatic imine (C=N–C) groups is 1. The van der Waals surface area contributed by atoms with Gasteiger partial charge in [0.2, 0.25) is 0 Å². The number of nitrogens with two attached hydrogens (primary N) is 1. The maximum absolute atomic E-state index is 6.76. The molecule has 4 nitrogen and oxygen atoms in total. The summed E-state index contributed by atoms with van der Waals surface area (Å²) in [5.41, 5.74) is 6.69. The van der Waals surface area contributed by atoms with Crippen LogP contribution in [0.5, 0.6) is 0 Å². The van der Waals surface area contributed by atoms with Gasteiger partial charge in [-0.3, -0.25) is 5.41 Å². The second-order valence-corrected chi connectivity index (χ2v) is 3.66. The first-order valence-corrected chi connectivity index (χ1v) is 4.48. The molecule has 0 bridgehead atoms. The van der Waals surface area contributed by atoms with Gasteiger partial charge in [-0.2, -0.15) is 0 Å². The van der Waals surface area contributed by atoms with Crippen molar-refractivity contribution in [3.05, 3.63) is 11.8 Å². The van der Waals surface area contributed by atoms with Crippen LogP contribution in [0.3, 0.4) is 0 Å². The molecule has 1 aliphatic rings. The number of hydrogen-bond acceptors (Lipinski definition) is 2. The number of halogens is 1. The highest BCUT2D eigenvalue weighted by Gasteiger charge is 2.25. The minimum absolute atomic E-state index is 0.0217. The van der Waals surface area contributed by atoms with Gasteiger partial charge >= 0.3 is 0 Å². The summed E-state index contributed by atoms with van der Waals surface area (Å²) in [6.07, 6.45) is 2.97. The molecule has 0 aromatic rings. The summed E-state index contributed by atoms with van der Waals surface area (Å²) in [6.45, 7) is 1.96. The Morgan fingerprint density at radius 2 is 2.58 bits per heavy atom. The third kappa shape index (κ3) is 1.85. The van der Waals surface area contributed by atoms with Gasteiger partial charge < -0.3 is 11.1 Å². The molecule has 66 valence electrons. The van der Waals surface area contributed by atoms with Crippen LogP contribution in [0.1, 0.15) is 6.92 Å². The van der Waals surface area contributed by atoms with Crippen molar-refractivity contribution in [2.24, 2.45) is 10.7 Å². The lowest BCUT2D eigenvalue weighted by molar-refractivity contribution is 0.779. The average Bonchev–Trinajstić information content (AvgIpc) is 2.30. The van der Waals surface area contributed by atoms with Crippen LogP contribution in [0.25, 0.3) is 0 Å². The summed E-state index contributed by atoms with van der Waals surface area (Å²) in [4.78, 5) is 3.87. The third-order valence-corrected chi connectivity index (χ3v) is 2.44. The Bertz CT molecular complexity index is 246. The van der Waals surface area contributed by atoms with Gasteiger partial charge in [0.25, 0.3) is 0 Å². The summed E-state index contributed by atoms with van der Waals surface area (Å²) < 4.78 is 0. The lowest BCUT2D eigenvalue weighted by atomic mass is 10.2. The van der Waals surface area contributed by atoms with E-state index < -0.39 is 0 Å². The number of nitrogens with one attached hydrogen (secondary N) is 2. The van der Waals surface area contributed by atoms with E-state index in [0.717, 1.165) is 12.0 Å².